The van der Waals surface area contributed by atoms with E-state index in [4.69, 9.17) is 4.98 Å². The van der Waals surface area contributed by atoms with Gasteiger partial charge in [0.15, 0.2) is 5.82 Å². The number of alkyl halides is 2. The number of rotatable bonds is 6. The highest BCUT2D eigenvalue weighted by atomic mass is 19.3. The van der Waals surface area contributed by atoms with Crippen LogP contribution in [0.15, 0.2) is 73.1 Å². The van der Waals surface area contributed by atoms with Gasteiger partial charge in [-0.3, -0.25) is 4.98 Å². The number of aromatic nitrogens is 3. The summed E-state index contributed by atoms with van der Waals surface area (Å²) >= 11 is 0. The smallest absolute Gasteiger partial charge is 0.387 e. The maximum atomic E-state index is 12.3. The van der Waals surface area contributed by atoms with E-state index in [1.54, 1.807) is 24.5 Å². The highest BCUT2D eigenvalue weighted by molar-refractivity contribution is 5.90. The molecule has 0 unspecified atom stereocenters. The van der Waals surface area contributed by atoms with E-state index in [0.29, 0.717) is 12.4 Å². The van der Waals surface area contributed by atoms with E-state index in [1.165, 1.54) is 12.1 Å². The number of benzene rings is 2. The van der Waals surface area contributed by atoms with Gasteiger partial charge in [-0.05, 0) is 42.0 Å². The summed E-state index contributed by atoms with van der Waals surface area (Å²) in [5.74, 6) is 1.51. The van der Waals surface area contributed by atoms with E-state index in [-0.39, 0.29) is 5.75 Å². The monoisotopic (exact) mass is 392 g/mol. The van der Waals surface area contributed by atoms with Crippen molar-refractivity contribution in [1.82, 2.24) is 15.0 Å². The quantitative estimate of drug-likeness (QED) is 0.466. The first-order valence-electron chi connectivity index (χ1n) is 9.02. The Balaban J connectivity index is 1.67. The molecule has 2 heterocycles. The van der Waals surface area contributed by atoms with Crippen LogP contribution >= 0.6 is 0 Å². The van der Waals surface area contributed by atoms with Crippen molar-refractivity contribution < 1.29 is 13.5 Å². The van der Waals surface area contributed by atoms with Gasteiger partial charge in [-0.1, -0.05) is 24.3 Å². The zero-order valence-corrected chi connectivity index (χ0v) is 15.7. The molecular weight excluding hydrogens is 374 g/mol. The molecule has 7 heteroatoms. The minimum Gasteiger partial charge on any atom is -0.435 e. The average Bonchev–Trinajstić information content (AvgIpc) is 2.74. The molecule has 0 atom stereocenters. The number of fused-ring (bicyclic) bond motifs is 1. The Morgan fingerprint density at radius 1 is 0.966 bits per heavy atom. The molecule has 0 N–H and O–H groups in total. The van der Waals surface area contributed by atoms with Crippen LogP contribution < -0.4 is 9.64 Å². The van der Waals surface area contributed by atoms with Crippen LogP contribution in [0.4, 0.5) is 14.6 Å². The fourth-order valence-electron chi connectivity index (χ4n) is 3.10. The first-order chi connectivity index (χ1) is 14.1. The highest BCUT2D eigenvalue weighted by Crippen LogP contribution is 2.28. The van der Waals surface area contributed by atoms with E-state index < -0.39 is 6.61 Å². The van der Waals surface area contributed by atoms with Gasteiger partial charge in [0.25, 0.3) is 0 Å². The summed E-state index contributed by atoms with van der Waals surface area (Å²) in [4.78, 5) is 15.6. The zero-order chi connectivity index (χ0) is 20.2. The maximum Gasteiger partial charge on any atom is 0.387 e. The molecule has 0 aliphatic heterocycles. The number of hydrogen-bond acceptors (Lipinski definition) is 5. The Labute approximate surface area is 166 Å². The Hall–Kier alpha value is -3.61. The second-order valence-corrected chi connectivity index (χ2v) is 6.51. The molecule has 0 saturated heterocycles. The largest absolute Gasteiger partial charge is 0.435 e. The SMILES string of the molecule is CN(Cc1ccc(OC(F)F)cc1)c1nc(-c2cccnc2)nc2ccccc12. The van der Waals surface area contributed by atoms with Gasteiger partial charge in [0.05, 0.1) is 5.52 Å². The summed E-state index contributed by atoms with van der Waals surface area (Å²) in [5, 5.41) is 0.931. The van der Waals surface area contributed by atoms with Gasteiger partial charge < -0.3 is 9.64 Å². The van der Waals surface area contributed by atoms with Crippen molar-refractivity contribution >= 4 is 16.7 Å². The molecule has 146 valence electrons. The molecular formula is C22H18F2N4O. The molecule has 0 radical (unpaired) electrons. The second-order valence-electron chi connectivity index (χ2n) is 6.51. The summed E-state index contributed by atoms with van der Waals surface area (Å²) in [5.41, 5.74) is 2.62. The van der Waals surface area contributed by atoms with Crippen LogP contribution in [0.1, 0.15) is 5.56 Å². The van der Waals surface area contributed by atoms with E-state index in [1.807, 2.05) is 48.3 Å². The zero-order valence-electron chi connectivity index (χ0n) is 15.7. The summed E-state index contributed by atoms with van der Waals surface area (Å²) in [7, 11) is 1.94. The fourth-order valence-corrected chi connectivity index (χ4v) is 3.10. The Kier molecular flexibility index (Phi) is 5.29. The predicted molar refractivity (Wildman–Crippen MR) is 108 cm³/mol. The fraction of sp³-hybridized carbons (Fsp3) is 0.136. The van der Waals surface area contributed by atoms with Crippen LogP contribution in [0.5, 0.6) is 5.75 Å². The summed E-state index contributed by atoms with van der Waals surface area (Å²) in [6.07, 6.45) is 3.44. The first kappa shape index (κ1) is 18.7. The van der Waals surface area contributed by atoms with Gasteiger partial charge in [0, 0.05) is 36.9 Å². The number of para-hydroxylation sites is 1. The molecule has 0 saturated carbocycles. The van der Waals surface area contributed by atoms with Gasteiger partial charge in [0.1, 0.15) is 11.6 Å². The second kappa shape index (κ2) is 8.18. The third-order valence-corrected chi connectivity index (χ3v) is 4.43. The molecule has 2 aromatic heterocycles. The van der Waals surface area contributed by atoms with Crippen molar-refractivity contribution in [2.45, 2.75) is 13.2 Å². The van der Waals surface area contributed by atoms with Crippen LogP contribution in [0, 0.1) is 0 Å². The van der Waals surface area contributed by atoms with Crippen LogP contribution in [0.3, 0.4) is 0 Å². The van der Waals surface area contributed by atoms with Crippen molar-refractivity contribution in [1.29, 1.82) is 0 Å². The number of nitrogens with zero attached hydrogens (tertiary/aromatic N) is 4. The summed E-state index contributed by atoms with van der Waals surface area (Å²) in [6.45, 7) is -2.29. The van der Waals surface area contributed by atoms with Gasteiger partial charge in [-0.15, -0.1) is 0 Å². The lowest BCUT2D eigenvalue weighted by Crippen LogP contribution is -2.18. The lowest BCUT2D eigenvalue weighted by Gasteiger charge is -2.21. The van der Waals surface area contributed by atoms with Gasteiger partial charge in [-0.2, -0.15) is 8.78 Å². The summed E-state index contributed by atoms with van der Waals surface area (Å²) < 4.78 is 29.1. The number of halogens is 2. The standard InChI is InChI=1S/C22H18F2N4O/c1-28(14-15-8-10-17(11-9-15)29-22(23)24)21-18-6-2-3-7-19(18)26-20(27-21)16-5-4-12-25-13-16/h2-13,22H,14H2,1H3. The molecule has 29 heavy (non-hydrogen) atoms. The van der Waals surface area contributed by atoms with Gasteiger partial charge in [0.2, 0.25) is 0 Å². The predicted octanol–water partition coefficient (Wildman–Crippen LogP) is 4.93. The van der Waals surface area contributed by atoms with E-state index in [0.717, 1.165) is 27.8 Å². The number of hydrogen-bond donors (Lipinski definition) is 0. The molecule has 0 aliphatic rings. The van der Waals surface area contributed by atoms with E-state index >= 15 is 0 Å². The van der Waals surface area contributed by atoms with Crippen LogP contribution in [-0.2, 0) is 6.54 Å². The Morgan fingerprint density at radius 3 is 2.48 bits per heavy atom. The van der Waals surface area contributed by atoms with Crippen LogP contribution in [0.2, 0.25) is 0 Å². The van der Waals surface area contributed by atoms with Crippen molar-refractivity contribution in [2.24, 2.45) is 0 Å². The number of anilines is 1. The Morgan fingerprint density at radius 2 is 1.76 bits per heavy atom. The molecule has 0 amide bonds. The lowest BCUT2D eigenvalue weighted by molar-refractivity contribution is -0.0498. The van der Waals surface area contributed by atoms with Crippen molar-refractivity contribution in [3.8, 4) is 17.1 Å². The van der Waals surface area contributed by atoms with Crippen LogP contribution in [0.25, 0.3) is 22.3 Å². The van der Waals surface area contributed by atoms with Crippen molar-refractivity contribution in [3.63, 3.8) is 0 Å². The molecule has 4 aromatic rings. The average molecular weight is 392 g/mol. The van der Waals surface area contributed by atoms with Crippen LogP contribution in [-0.4, -0.2) is 28.6 Å². The summed E-state index contributed by atoms with van der Waals surface area (Å²) in [6, 6.07) is 18.2. The van der Waals surface area contributed by atoms with E-state index in [9.17, 15) is 8.78 Å². The third kappa shape index (κ3) is 4.29. The number of ether oxygens (including phenoxy) is 1. The Bertz CT molecular complexity index is 1100. The molecule has 2 aromatic carbocycles. The number of pyridine rings is 1. The normalized spacial score (nSPS) is 11.0. The van der Waals surface area contributed by atoms with E-state index in [2.05, 4.69) is 14.7 Å². The molecule has 0 bridgehead atoms. The van der Waals surface area contributed by atoms with Gasteiger partial charge >= 0.3 is 6.61 Å². The topological polar surface area (TPSA) is 51.1 Å². The molecule has 0 fully saturated rings. The maximum absolute atomic E-state index is 12.3. The minimum atomic E-state index is -2.83. The van der Waals surface area contributed by atoms with Crippen molar-refractivity contribution in [2.75, 3.05) is 11.9 Å². The van der Waals surface area contributed by atoms with Crippen molar-refractivity contribution in [3.05, 3.63) is 78.6 Å². The highest BCUT2D eigenvalue weighted by Gasteiger charge is 2.13. The molecule has 4 rings (SSSR count). The molecule has 5 nitrogen and oxygen atoms in total. The van der Waals surface area contributed by atoms with Gasteiger partial charge in [-0.25, -0.2) is 9.97 Å². The first-order valence-corrected chi connectivity index (χ1v) is 9.02. The molecule has 0 spiro atoms. The lowest BCUT2D eigenvalue weighted by atomic mass is 10.1. The molecule has 0 aliphatic carbocycles. The minimum absolute atomic E-state index is 0.137. The third-order valence-electron chi connectivity index (χ3n) is 4.43.